The third-order valence-corrected chi connectivity index (χ3v) is 6.05. The van der Waals surface area contributed by atoms with Crippen LogP contribution in [0.15, 0.2) is 48.7 Å². The first-order chi connectivity index (χ1) is 13.9. The molecule has 2 N–H and O–H groups in total. The number of fused-ring (bicyclic) bond motifs is 1. The van der Waals surface area contributed by atoms with Gasteiger partial charge in [-0.25, -0.2) is 0 Å². The van der Waals surface area contributed by atoms with Gasteiger partial charge in [-0.1, -0.05) is 24.3 Å². The van der Waals surface area contributed by atoms with Crippen LogP contribution in [-0.2, 0) is 11.2 Å². The van der Waals surface area contributed by atoms with Crippen molar-refractivity contribution in [1.82, 2.24) is 9.88 Å². The van der Waals surface area contributed by atoms with Gasteiger partial charge >= 0.3 is 0 Å². The number of nitrogens with zero attached hydrogens (tertiary/aromatic N) is 1. The number of benzene rings is 2. The molecule has 5 heteroatoms. The summed E-state index contributed by atoms with van der Waals surface area (Å²) in [5.41, 5.74) is 3.57. The number of H-pyrrole nitrogens is 1. The van der Waals surface area contributed by atoms with Crippen molar-refractivity contribution in [3.05, 3.63) is 65.4 Å². The molecule has 0 atom stereocenters. The fourth-order valence-electron chi connectivity index (χ4n) is 3.89. The molecule has 1 aromatic heterocycles. The number of amides is 1. The van der Waals surface area contributed by atoms with Gasteiger partial charge in [-0.05, 0) is 61.6 Å². The van der Waals surface area contributed by atoms with Gasteiger partial charge in [-0.3, -0.25) is 4.79 Å². The zero-order valence-corrected chi connectivity index (χ0v) is 17.1. The van der Waals surface area contributed by atoms with E-state index in [0.29, 0.717) is 32.4 Å². The Labute approximate surface area is 171 Å². The predicted octanol–water partition coefficient (Wildman–Crippen LogP) is 3.76. The standard InChI is InChI=1S/C24H28N2O3/c1-17-7-8-20(13-18(17)2)29-16-24(28)9-11-26(12-10-24)23(27)14-19-15-25-22-6-4-3-5-21(19)22/h3-8,13,15,25,28H,9-12,14,16H2,1-2H3. The number of rotatable bonds is 5. The van der Waals surface area contributed by atoms with Gasteiger partial charge in [-0.15, -0.1) is 0 Å². The van der Waals surface area contributed by atoms with Crippen molar-refractivity contribution in [1.29, 1.82) is 0 Å². The van der Waals surface area contributed by atoms with Gasteiger partial charge in [0, 0.05) is 30.2 Å². The molecule has 152 valence electrons. The monoisotopic (exact) mass is 392 g/mol. The van der Waals surface area contributed by atoms with Crippen LogP contribution in [0.25, 0.3) is 10.9 Å². The Morgan fingerprint density at radius 3 is 2.66 bits per heavy atom. The maximum Gasteiger partial charge on any atom is 0.227 e. The third-order valence-electron chi connectivity index (χ3n) is 6.05. The van der Waals surface area contributed by atoms with Crippen LogP contribution >= 0.6 is 0 Å². The molecule has 0 saturated carbocycles. The van der Waals surface area contributed by atoms with E-state index >= 15 is 0 Å². The minimum atomic E-state index is -0.893. The lowest BCUT2D eigenvalue weighted by Crippen LogP contribution is -2.49. The summed E-state index contributed by atoms with van der Waals surface area (Å²) in [6.07, 6.45) is 3.34. The number of para-hydroxylation sites is 1. The first-order valence-electron chi connectivity index (χ1n) is 10.2. The number of carbonyl (C=O) groups is 1. The van der Waals surface area contributed by atoms with E-state index in [9.17, 15) is 9.90 Å². The normalized spacial score (nSPS) is 16.2. The van der Waals surface area contributed by atoms with Crippen molar-refractivity contribution >= 4 is 16.8 Å². The number of hydrogen-bond donors (Lipinski definition) is 2. The van der Waals surface area contributed by atoms with Gasteiger partial charge < -0.3 is 19.7 Å². The number of aromatic amines is 1. The highest BCUT2D eigenvalue weighted by atomic mass is 16.5. The molecule has 0 radical (unpaired) electrons. The number of aliphatic hydroxyl groups is 1. The molecule has 1 fully saturated rings. The molecule has 4 rings (SSSR count). The fourth-order valence-corrected chi connectivity index (χ4v) is 3.89. The quantitative estimate of drug-likeness (QED) is 0.695. The molecular formula is C24H28N2O3. The molecule has 1 saturated heterocycles. The first kappa shape index (κ1) is 19.5. The van der Waals surface area contributed by atoms with Crippen LogP contribution in [-0.4, -0.2) is 46.2 Å². The summed E-state index contributed by atoms with van der Waals surface area (Å²) in [6.45, 7) is 5.46. The minimum Gasteiger partial charge on any atom is -0.491 e. The van der Waals surface area contributed by atoms with E-state index < -0.39 is 5.60 Å². The van der Waals surface area contributed by atoms with E-state index in [4.69, 9.17) is 4.74 Å². The molecule has 0 spiro atoms. The van der Waals surface area contributed by atoms with Crippen molar-refractivity contribution in [3.8, 4) is 5.75 Å². The smallest absolute Gasteiger partial charge is 0.227 e. The molecule has 2 heterocycles. The maximum atomic E-state index is 12.8. The summed E-state index contributed by atoms with van der Waals surface area (Å²) in [7, 11) is 0. The number of nitrogens with one attached hydrogen (secondary N) is 1. The molecule has 3 aromatic rings. The van der Waals surface area contributed by atoms with Crippen LogP contribution in [0.2, 0.25) is 0 Å². The Bertz CT molecular complexity index is 1020. The molecule has 2 aromatic carbocycles. The second-order valence-corrected chi connectivity index (χ2v) is 8.18. The van der Waals surface area contributed by atoms with Crippen LogP contribution in [0.5, 0.6) is 5.75 Å². The SMILES string of the molecule is Cc1ccc(OCC2(O)CCN(C(=O)Cc3c[nH]c4ccccc34)CC2)cc1C. The Hall–Kier alpha value is -2.79. The molecule has 5 nitrogen and oxygen atoms in total. The summed E-state index contributed by atoms with van der Waals surface area (Å²) in [6, 6.07) is 14.0. The molecule has 29 heavy (non-hydrogen) atoms. The van der Waals surface area contributed by atoms with Gasteiger partial charge in [0.25, 0.3) is 0 Å². The van der Waals surface area contributed by atoms with E-state index in [1.165, 1.54) is 11.1 Å². The van der Waals surface area contributed by atoms with Crippen molar-refractivity contribution in [3.63, 3.8) is 0 Å². The molecule has 0 aliphatic carbocycles. The van der Waals surface area contributed by atoms with E-state index in [1.807, 2.05) is 53.6 Å². The van der Waals surface area contributed by atoms with Crippen LogP contribution < -0.4 is 4.74 Å². The highest BCUT2D eigenvalue weighted by molar-refractivity contribution is 5.88. The highest BCUT2D eigenvalue weighted by Gasteiger charge is 2.34. The second kappa shape index (κ2) is 7.91. The van der Waals surface area contributed by atoms with Crippen molar-refractivity contribution in [2.45, 2.75) is 38.7 Å². The van der Waals surface area contributed by atoms with E-state index in [2.05, 4.69) is 18.8 Å². The van der Waals surface area contributed by atoms with Crippen molar-refractivity contribution in [2.75, 3.05) is 19.7 Å². The largest absolute Gasteiger partial charge is 0.491 e. The Morgan fingerprint density at radius 1 is 1.14 bits per heavy atom. The van der Waals surface area contributed by atoms with Crippen LogP contribution in [0.1, 0.15) is 29.5 Å². The summed E-state index contributed by atoms with van der Waals surface area (Å²) >= 11 is 0. The first-order valence-corrected chi connectivity index (χ1v) is 10.2. The molecule has 0 unspecified atom stereocenters. The van der Waals surface area contributed by atoms with Crippen LogP contribution in [0, 0.1) is 13.8 Å². The number of aromatic nitrogens is 1. The third kappa shape index (κ3) is 4.30. The average Bonchev–Trinajstić information content (AvgIpc) is 3.12. The predicted molar refractivity (Wildman–Crippen MR) is 114 cm³/mol. The van der Waals surface area contributed by atoms with Crippen molar-refractivity contribution < 1.29 is 14.6 Å². The van der Waals surface area contributed by atoms with Crippen LogP contribution in [0.3, 0.4) is 0 Å². The topological polar surface area (TPSA) is 65.6 Å². The lowest BCUT2D eigenvalue weighted by molar-refractivity contribution is -0.135. The minimum absolute atomic E-state index is 0.104. The fraction of sp³-hybridized carbons (Fsp3) is 0.375. The van der Waals surface area contributed by atoms with Gasteiger partial charge in [0.1, 0.15) is 18.0 Å². The number of hydrogen-bond acceptors (Lipinski definition) is 3. The average molecular weight is 392 g/mol. The number of carbonyl (C=O) groups excluding carboxylic acids is 1. The van der Waals surface area contributed by atoms with Gasteiger partial charge in [0.15, 0.2) is 0 Å². The highest BCUT2D eigenvalue weighted by Crippen LogP contribution is 2.26. The van der Waals surface area contributed by atoms with Gasteiger partial charge in [0.05, 0.1) is 6.42 Å². The van der Waals surface area contributed by atoms with Gasteiger partial charge in [0.2, 0.25) is 5.91 Å². The van der Waals surface area contributed by atoms with E-state index in [0.717, 1.165) is 22.2 Å². The summed E-state index contributed by atoms with van der Waals surface area (Å²) in [5.74, 6) is 0.881. The Balaban J connectivity index is 1.32. The molecule has 1 aliphatic heterocycles. The van der Waals surface area contributed by atoms with Gasteiger partial charge in [-0.2, -0.15) is 0 Å². The molecule has 1 aliphatic rings. The summed E-state index contributed by atoms with van der Waals surface area (Å²) in [4.78, 5) is 17.8. The number of likely N-dealkylation sites (tertiary alicyclic amines) is 1. The van der Waals surface area contributed by atoms with Crippen LogP contribution in [0.4, 0.5) is 0 Å². The zero-order chi connectivity index (χ0) is 20.4. The van der Waals surface area contributed by atoms with E-state index in [1.54, 1.807) is 0 Å². The molecule has 0 bridgehead atoms. The van der Waals surface area contributed by atoms with E-state index in [-0.39, 0.29) is 12.5 Å². The Morgan fingerprint density at radius 2 is 1.90 bits per heavy atom. The Kier molecular flexibility index (Phi) is 5.33. The van der Waals surface area contributed by atoms with Crippen molar-refractivity contribution in [2.24, 2.45) is 0 Å². The number of piperidine rings is 1. The number of ether oxygens (including phenoxy) is 1. The molecular weight excluding hydrogens is 364 g/mol. The lowest BCUT2D eigenvalue weighted by Gasteiger charge is -2.38. The number of aryl methyl sites for hydroxylation is 2. The summed E-state index contributed by atoms with van der Waals surface area (Å²) < 4.78 is 5.86. The maximum absolute atomic E-state index is 12.8. The lowest BCUT2D eigenvalue weighted by atomic mass is 9.92. The summed E-state index contributed by atoms with van der Waals surface area (Å²) in [5, 5.41) is 12.0. The zero-order valence-electron chi connectivity index (χ0n) is 17.1. The second-order valence-electron chi connectivity index (χ2n) is 8.18. The molecule has 1 amide bonds.